The molecule has 154 valence electrons. The Balaban J connectivity index is 1.57. The van der Waals surface area contributed by atoms with Gasteiger partial charge in [-0.2, -0.15) is 0 Å². The second-order valence-corrected chi connectivity index (χ2v) is 8.34. The summed E-state index contributed by atoms with van der Waals surface area (Å²) in [5.41, 5.74) is 4.70. The fourth-order valence-electron chi connectivity index (χ4n) is 4.37. The van der Waals surface area contributed by atoms with E-state index in [1.807, 2.05) is 72.8 Å². The molecule has 0 radical (unpaired) electrons. The summed E-state index contributed by atoms with van der Waals surface area (Å²) in [6.45, 7) is 0. The molecule has 2 N–H and O–H groups in total. The first-order chi connectivity index (χ1) is 15.1. The van der Waals surface area contributed by atoms with Crippen molar-refractivity contribution in [3.8, 4) is 0 Å². The minimum atomic E-state index is -0.340. The maximum atomic E-state index is 13.0. The number of rotatable bonds is 3. The van der Waals surface area contributed by atoms with Crippen LogP contribution in [0.1, 0.15) is 40.4 Å². The van der Waals surface area contributed by atoms with E-state index in [0.29, 0.717) is 29.0 Å². The van der Waals surface area contributed by atoms with Crippen LogP contribution in [0.5, 0.6) is 0 Å². The second kappa shape index (κ2) is 8.05. The lowest BCUT2D eigenvalue weighted by Crippen LogP contribution is -2.31. The summed E-state index contributed by atoms with van der Waals surface area (Å²) in [4.78, 5) is 25.9. The third kappa shape index (κ3) is 3.75. The van der Waals surface area contributed by atoms with E-state index in [4.69, 9.17) is 11.6 Å². The molecule has 3 aromatic rings. The summed E-state index contributed by atoms with van der Waals surface area (Å²) in [6, 6.07) is 22.2. The zero-order chi connectivity index (χ0) is 21.4. The molecule has 31 heavy (non-hydrogen) atoms. The van der Waals surface area contributed by atoms with Gasteiger partial charge in [0.25, 0.3) is 0 Å². The van der Waals surface area contributed by atoms with E-state index in [1.54, 1.807) is 0 Å². The number of hydrogen-bond donors (Lipinski definition) is 2. The topological polar surface area (TPSA) is 58.2 Å². The second-order valence-electron chi connectivity index (χ2n) is 7.90. The highest BCUT2D eigenvalue weighted by molar-refractivity contribution is 6.30. The van der Waals surface area contributed by atoms with E-state index < -0.39 is 0 Å². The van der Waals surface area contributed by atoms with Crippen molar-refractivity contribution in [3.05, 3.63) is 106 Å². The molecule has 0 amide bonds. The van der Waals surface area contributed by atoms with Gasteiger partial charge in [0.1, 0.15) is 5.78 Å². The van der Waals surface area contributed by atoms with Crippen molar-refractivity contribution in [2.75, 3.05) is 10.6 Å². The molecule has 4 nitrogen and oxygen atoms in total. The van der Waals surface area contributed by atoms with Gasteiger partial charge in [-0.25, -0.2) is 0 Å². The number of carbonyl (C=O) groups excluding carboxylic acids is 2. The average molecular weight is 429 g/mol. The van der Waals surface area contributed by atoms with Gasteiger partial charge in [-0.3, -0.25) is 9.59 Å². The summed E-state index contributed by atoms with van der Waals surface area (Å²) in [6.07, 6.45) is 3.31. The van der Waals surface area contributed by atoms with Crippen molar-refractivity contribution >= 4 is 34.5 Å². The maximum Gasteiger partial charge on any atom is 0.193 e. The van der Waals surface area contributed by atoms with Gasteiger partial charge >= 0.3 is 0 Å². The van der Waals surface area contributed by atoms with Gasteiger partial charge in [-0.15, -0.1) is 0 Å². The van der Waals surface area contributed by atoms with Gasteiger partial charge in [0.15, 0.2) is 5.78 Å². The van der Waals surface area contributed by atoms with E-state index in [0.717, 1.165) is 22.6 Å². The SMILES string of the molecule is O=C(c1ccccc1)c1ccc2c(c1)NC1=CCCC(=O)[C@H]1[C@H](c1cccc(Cl)c1)N2. The smallest absolute Gasteiger partial charge is 0.193 e. The molecule has 0 saturated heterocycles. The number of benzene rings is 3. The molecule has 1 aliphatic carbocycles. The lowest BCUT2D eigenvalue weighted by molar-refractivity contribution is -0.122. The van der Waals surface area contributed by atoms with Gasteiger partial charge in [0, 0.05) is 28.3 Å². The quantitative estimate of drug-likeness (QED) is 0.501. The zero-order valence-corrected chi connectivity index (χ0v) is 17.5. The monoisotopic (exact) mass is 428 g/mol. The number of fused-ring (bicyclic) bond motifs is 2. The lowest BCUT2D eigenvalue weighted by atomic mass is 9.82. The minimum absolute atomic E-state index is 0.0360. The Labute approximate surface area is 185 Å². The molecule has 0 saturated carbocycles. The summed E-state index contributed by atoms with van der Waals surface area (Å²) < 4.78 is 0. The molecule has 2 aliphatic rings. The van der Waals surface area contributed by atoms with Crippen LogP contribution >= 0.6 is 11.6 Å². The van der Waals surface area contributed by atoms with Crippen molar-refractivity contribution in [1.82, 2.24) is 0 Å². The van der Waals surface area contributed by atoms with Crippen molar-refractivity contribution in [1.29, 1.82) is 0 Å². The Morgan fingerprint density at radius 1 is 0.903 bits per heavy atom. The Morgan fingerprint density at radius 2 is 1.74 bits per heavy atom. The van der Waals surface area contributed by atoms with Crippen LogP contribution in [0.2, 0.25) is 5.02 Å². The van der Waals surface area contributed by atoms with Gasteiger partial charge in [-0.1, -0.05) is 60.1 Å². The number of nitrogens with one attached hydrogen (secondary N) is 2. The molecule has 3 aromatic carbocycles. The largest absolute Gasteiger partial charge is 0.375 e. The van der Waals surface area contributed by atoms with Crippen LogP contribution in [0.3, 0.4) is 0 Å². The number of ketones is 2. The average Bonchev–Trinajstić information content (AvgIpc) is 2.96. The van der Waals surface area contributed by atoms with E-state index in [-0.39, 0.29) is 23.5 Å². The molecule has 1 aliphatic heterocycles. The minimum Gasteiger partial charge on any atom is -0.375 e. The first kappa shape index (κ1) is 19.6. The highest BCUT2D eigenvalue weighted by Gasteiger charge is 2.37. The Hall–Kier alpha value is -3.37. The zero-order valence-electron chi connectivity index (χ0n) is 16.8. The first-order valence-electron chi connectivity index (χ1n) is 10.4. The molecular weight excluding hydrogens is 408 g/mol. The van der Waals surface area contributed by atoms with E-state index in [9.17, 15) is 9.59 Å². The van der Waals surface area contributed by atoms with Crippen molar-refractivity contribution < 1.29 is 9.59 Å². The Bertz CT molecular complexity index is 1200. The third-order valence-electron chi connectivity index (χ3n) is 5.89. The van der Waals surface area contributed by atoms with Crippen LogP contribution in [-0.4, -0.2) is 11.6 Å². The van der Waals surface area contributed by atoms with Crippen LogP contribution in [0.25, 0.3) is 0 Å². The molecule has 0 unspecified atom stereocenters. The number of hydrogen-bond acceptors (Lipinski definition) is 4. The number of halogens is 1. The molecule has 1 heterocycles. The fourth-order valence-corrected chi connectivity index (χ4v) is 4.57. The molecule has 0 fully saturated rings. The molecule has 5 rings (SSSR count). The highest BCUT2D eigenvalue weighted by atomic mass is 35.5. The van der Waals surface area contributed by atoms with Crippen LogP contribution in [0, 0.1) is 5.92 Å². The van der Waals surface area contributed by atoms with Crippen LogP contribution < -0.4 is 10.6 Å². The van der Waals surface area contributed by atoms with Gasteiger partial charge in [-0.05, 0) is 42.3 Å². The Morgan fingerprint density at radius 3 is 2.55 bits per heavy atom. The van der Waals surface area contributed by atoms with E-state index in [1.165, 1.54) is 0 Å². The maximum absolute atomic E-state index is 13.0. The van der Waals surface area contributed by atoms with Gasteiger partial charge in [0.2, 0.25) is 0 Å². The first-order valence-corrected chi connectivity index (χ1v) is 10.7. The number of Topliss-reactive ketones (excluding diaryl/α,β-unsaturated/α-hetero) is 1. The van der Waals surface area contributed by atoms with Gasteiger partial charge < -0.3 is 10.6 Å². The molecule has 2 atom stereocenters. The molecule has 0 aromatic heterocycles. The van der Waals surface area contributed by atoms with Crippen molar-refractivity contribution in [2.24, 2.45) is 5.92 Å². The van der Waals surface area contributed by atoms with E-state index >= 15 is 0 Å². The Kier molecular flexibility index (Phi) is 5.08. The predicted octanol–water partition coefficient (Wildman–Crippen LogP) is 6.01. The van der Waals surface area contributed by atoms with Crippen molar-refractivity contribution in [3.63, 3.8) is 0 Å². The number of allylic oxidation sites excluding steroid dienone is 1. The van der Waals surface area contributed by atoms with Gasteiger partial charge in [0.05, 0.1) is 23.3 Å². The molecule has 0 bridgehead atoms. The van der Waals surface area contributed by atoms with Crippen LogP contribution in [-0.2, 0) is 4.79 Å². The highest BCUT2D eigenvalue weighted by Crippen LogP contribution is 2.42. The predicted molar refractivity (Wildman–Crippen MR) is 124 cm³/mol. The van der Waals surface area contributed by atoms with Crippen molar-refractivity contribution in [2.45, 2.75) is 18.9 Å². The number of carbonyl (C=O) groups is 2. The summed E-state index contributed by atoms with van der Waals surface area (Å²) in [5.74, 6) is -0.185. The number of anilines is 2. The molecule has 5 heteroatoms. The summed E-state index contributed by atoms with van der Waals surface area (Å²) in [5, 5.41) is 7.62. The fraction of sp³-hybridized carbons (Fsp3) is 0.154. The van der Waals surface area contributed by atoms with E-state index in [2.05, 4.69) is 16.7 Å². The van der Waals surface area contributed by atoms with Crippen LogP contribution in [0.15, 0.2) is 84.6 Å². The summed E-state index contributed by atoms with van der Waals surface area (Å²) >= 11 is 6.25. The molecular formula is C26H21ClN2O2. The van der Waals surface area contributed by atoms with Crippen LogP contribution in [0.4, 0.5) is 11.4 Å². The molecule has 0 spiro atoms. The normalized spacial score (nSPS) is 19.8. The standard InChI is InChI=1S/C26H21ClN2O2/c27-19-9-4-8-17(14-19)25-24-21(10-5-11-23(24)30)28-22-15-18(12-13-20(22)29-25)26(31)16-6-2-1-3-7-16/h1-4,6-10,12-15,24-25,28-29H,5,11H2/t24-,25-/m0/s1. The lowest BCUT2D eigenvalue weighted by Gasteiger charge is -2.29. The third-order valence-corrected chi connectivity index (χ3v) is 6.12. The summed E-state index contributed by atoms with van der Waals surface area (Å²) in [7, 11) is 0.